The molecule has 0 bridgehead atoms. The van der Waals surface area contributed by atoms with Crippen molar-refractivity contribution >= 4 is 28.5 Å². The highest BCUT2D eigenvalue weighted by atomic mass is 32.1. The van der Waals surface area contributed by atoms with E-state index in [4.69, 9.17) is 0 Å². The Hall–Kier alpha value is -1.07. The Balaban J connectivity index is 2.07. The zero-order chi connectivity index (χ0) is 12.0. The average molecular weight is 264 g/mol. The number of thiazole rings is 2. The van der Waals surface area contributed by atoms with Crippen LogP contribution >= 0.6 is 22.7 Å². The van der Waals surface area contributed by atoms with E-state index in [-0.39, 0.29) is 11.2 Å². The maximum atomic E-state index is 12.0. The second-order valence-electron chi connectivity index (χ2n) is 5.10. The number of carbonyl (C=O) groups excluding carboxylic acids is 1. The fourth-order valence-electron chi connectivity index (χ4n) is 2.15. The number of Topliss-reactive ketones (excluding diaryl/α,β-unsaturated/α-hetero) is 1. The fraction of sp³-hybridized carbons (Fsp3) is 0.417. The van der Waals surface area contributed by atoms with Crippen molar-refractivity contribution in [3.05, 3.63) is 22.3 Å². The summed E-state index contributed by atoms with van der Waals surface area (Å²) in [6.07, 6.45) is 3.33. The summed E-state index contributed by atoms with van der Waals surface area (Å²) in [6.45, 7) is 4.25. The molecule has 0 saturated heterocycles. The standard InChI is InChI=1S/C12H12N2OS2/c1-12(2)3-7-10(8(15)4-12)17-11(14-7)9-5-13-6-16-9/h5-6H,3-4H2,1-2H3. The van der Waals surface area contributed by atoms with Gasteiger partial charge in [0.15, 0.2) is 5.78 Å². The van der Waals surface area contributed by atoms with E-state index >= 15 is 0 Å². The van der Waals surface area contributed by atoms with E-state index in [0.717, 1.165) is 26.9 Å². The lowest BCUT2D eigenvalue weighted by atomic mass is 9.78. The van der Waals surface area contributed by atoms with Crippen LogP contribution in [-0.4, -0.2) is 15.8 Å². The number of hydrogen-bond acceptors (Lipinski definition) is 5. The Bertz CT molecular complexity index is 569. The van der Waals surface area contributed by atoms with E-state index in [1.807, 2.05) is 6.20 Å². The molecule has 0 spiro atoms. The largest absolute Gasteiger partial charge is 0.293 e. The van der Waals surface area contributed by atoms with Gasteiger partial charge in [0.25, 0.3) is 0 Å². The van der Waals surface area contributed by atoms with Gasteiger partial charge in [-0.2, -0.15) is 0 Å². The van der Waals surface area contributed by atoms with Crippen LogP contribution in [-0.2, 0) is 6.42 Å². The van der Waals surface area contributed by atoms with E-state index in [0.29, 0.717) is 6.42 Å². The summed E-state index contributed by atoms with van der Waals surface area (Å²) in [7, 11) is 0. The second kappa shape index (κ2) is 3.71. The van der Waals surface area contributed by atoms with E-state index in [9.17, 15) is 4.79 Å². The first kappa shape index (κ1) is 11.0. The lowest BCUT2D eigenvalue weighted by Crippen LogP contribution is -2.25. The minimum Gasteiger partial charge on any atom is -0.293 e. The van der Waals surface area contributed by atoms with Crippen LogP contribution in [0.2, 0.25) is 0 Å². The average Bonchev–Trinajstić information content (AvgIpc) is 2.81. The van der Waals surface area contributed by atoms with Gasteiger partial charge in [0.05, 0.1) is 21.0 Å². The van der Waals surface area contributed by atoms with Crippen LogP contribution in [0.3, 0.4) is 0 Å². The first-order valence-corrected chi connectivity index (χ1v) is 7.16. The van der Waals surface area contributed by atoms with Gasteiger partial charge in [-0.1, -0.05) is 13.8 Å². The van der Waals surface area contributed by atoms with Crippen molar-refractivity contribution < 1.29 is 4.79 Å². The molecule has 17 heavy (non-hydrogen) atoms. The first-order chi connectivity index (χ1) is 8.05. The summed E-state index contributed by atoms with van der Waals surface area (Å²) in [4.78, 5) is 22.6. The summed E-state index contributed by atoms with van der Waals surface area (Å²) < 4.78 is 0. The Morgan fingerprint density at radius 3 is 2.88 bits per heavy atom. The second-order valence-corrected chi connectivity index (χ2v) is 6.99. The van der Waals surface area contributed by atoms with Crippen LogP contribution in [0.25, 0.3) is 9.88 Å². The summed E-state index contributed by atoms with van der Waals surface area (Å²) in [5, 5.41) is 0.934. The third-order valence-corrected chi connectivity index (χ3v) is 4.96. The van der Waals surface area contributed by atoms with Gasteiger partial charge < -0.3 is 0 Å². The topological polar surface area (TPSA) is 42.9 Å². The molecule has 0 amide bonds. The third kappa shape index (κ3) is 1.93. The normalized spacial score (nSPS) is 18.1. The quantitative estimate of drug-likeness (QED) is 0.792. The lowest BCUT2D eigenvalue weighted by Gasteiger charge is -2.26. The molecule has 3 rings (SSSR count). The van der Waals surface area contributed by atoms with Gasteiger partial charge in [-0.05, 0) is 11.8 Å². The van der Waals surface area contributed by atoms with E-state index < -0.39 is 0 Å². The van der Waals surface area contributed by atoms with Crippen molar-refractivity contribution in [2.24, 2.45) is 5.41 Å². The molecule has 0 atom stereocenters. The minimum absolute atomic E-state index is 0.0448. The van der Waals surface area contributed by atoms with Gasteiger partial charge in [-0.25, -0.2) is 4.98 Å². The Kier molecular flexibility index (Phi) is 2.41. The summed E-state index contributed by atoms with van der Waals surface area (Å²) in [5.41, 5.74) is 2.81. The predicted molar refractivity (Wildman–Crippen MR) is 69.7 cm³/mol. The number of rotatable bonds is 1. The maximum absolute atomic E-state index is 12.0. The third-order valence-electron chi connectivity index (χ3n) is 2.88. The smallest absolute Gasteiger partial charge is 0.175 e. The molecule has 0 saturated carbocycles. The van der Waals surface area contributed by atoms with Gasteiger partial charge >= 0.3 is 0 Å². The van der Waals surface area contributed by atoms with Crippen LogP contribution in [0, 0.1) is 5.41 Å². The molecule has 3 nitrogen and oxygen atoms in total. The monoisotopic (exact) mass is 264 g/mol. The van der Waals surface area contributed by atoms with Gasteiger partial charge in [0, 0.05) is 12.6 Å². The minimum atomic E-state index is 0.0448. The molecule has 1 aliphatic carbocycles. The molecule has 5 heteroatoms. The number of ketones is 1. The van der Waals surface area contributed by atoms with Crippen molar-refractivity contribution in [1.82, 2.24) is 9.97 Å². The van der Waals surface area contributed by atoms with Gasteiger partial charge in [-0.15, -0.1) is 22.7 Å². The predicted octanol–water partition coefficient (Wildman–Crippen LogP) is 3.42. The molecule has 0 aromatic carbocycles. The first-order valence-electron chi connectivity index (χ1n) is 5.47. The van der Waals surface area contributed by atoms with Crippen LogP contribution in [0.5, 0.6) is 0 Å². The molecule has 88 valence electrons. The number of aromatic nitrogens is 2. The van der Waals surface area contributed by atoms with Crippen molar-refractivity contribution in [2.45, 2.75) is 26.7 Å². The molecular weight excluding hydrogens is 252 g/mol. The Morgan fingerprint density at radius 2 is 2.18 bits per heavy atom. The summed E-state index contributed by atoms with van der Waals surface area (Å²) in [5.74, 6) is 0.240. The molecular formula is C12H12N2OS2. The molecule has 2 heterocycles. The highest BCUT2D eigenvalue weighted by molar-refractivity contribution is 7.22. The van der Waals surface area contributed by atoms with E-state index in [2.05, 4.69) is 23.8 Å². The van der Waals surface area contributed by atoms with Gasteiger partial charge in [0.1, 0.15) is 5.01 Å². The van der Waals surface area contributed by atoms with Crippen LogP contribution < -0.4 is 0 Å². The number of hydrogen-bond donors (Lipinski definition) is 0. The number of carbonyl (C=O) groups is 1. The Morgan fingerprint density at radius 1 is 1.35 bits per heavy atom. The van der Waals surface area contributed by atoms with Crippen molar-refractivity contribution in [2.75, 3.05) is 0 Å². The zero-order valence-corrected chi connectivity index (χ0v) is 11.3. The molecule has 0 radical (unpaired) electrons. The SMILES string of the molecule is CC1(C)CC(=O)c2sc(-c3cncs3)nc2C1. The maximum Gasteiger partial charge on any atom is 0.175 e. The molecule has 0 aliphatic heterocycles. The molecule has 2 aromatic heterocycles. The van der Waals surface area contributed by atoms with Crippen molar-refractivity contribution in [3.63, 3.8) is 0 Å². The summed E-state index contributed by atoms with van der Waals surface area (Å²) in [6, 6.07) is 0. The highest BCUT2D eigenvalue weighted by Crippen LogP contribution is 2.39. The van der Waals surface area contributed by atoms with Crippen molar-refractivity contribution in [3.8, 4) is 9.88 Å². The van der Waals surface area contributed by atoms with E-state index in [1.54, 1.807) is 16.8 Å². The van der Waals surface area contributed by atoms with Gasteiger partial charge in [-0.3, -0.25) is 9.78 Å². The summed E-state index contributed by atoms with van der Waals surface area (Å²) >= 11 is 3.08. The molecule has 0 fully saturated rings. The van der Waals surface area contributed by atoms with Crippen LogP contribution in [0.15, 0.2) is 11.7 Å². The van der Waals surface area contributed by atoms with Crippen molar-refractivity contribution in [1.29, 1.82) is 0 Å². The van der Waals surface area contributed by atoms with Crippen LogP contribution in [0.4, 0.5) is 0 Å². The molecule has 2 aromatic rings. The van der Waals surface area contributed by atoms with Crippen LogP contribution in [0.1, 0.15) is 35.6 Å². The van der Waals surface area contributed by atoms with Gasteiger partial charge in [0.2, 0.25) is 0 Å². The molecule has 1 aliphatic rings. The number of nitrogens with zero attached hydrogens (tertiary/aromatic N) is 2. The van der Waals surface area contributed by atoms with E-state index in [1.165, 1.54) is 11.3 Å². The highest BCUT2D eigenvalue weighted by Gasteiger charge is 2.34. The lowest BCUT2D eigenvalue weighted by molar-refractivity contribution is 0.0916. The fourth-order valence-corrected chi connectivity index (χ4v) is 3.84. The molecule has 0 N–H and O–H groups in total. The molecule has 0 unspecified atom stereocenters. The zero-order valence-electron chi connectivity index (χ0n) is 9.69. The Labute approximate surface area is 108 Å². The number of fused-ring (bicyclic) bond motifs is 1.